The number of hydrogen-bond acceptors (Lipinski definition) is 4. The number of unbranched alkanes of at least 4 members (excludes halogenated alkanes) is 2. The highest BCUT2D eigenvalue weighted by Gasteiger charge is 2.20. The molecule has 0 atom stereocenters. The van der Waals surface area contributed by atoms with E-state index in [0.29, 0.717) is 19.1 Å². The molecule has 6 heteroatoms. The van der Waals surface area contributed by atoms with Crippen molar-refractivity contribution >= 4 is 21.8 Å². The van der Waals surface area contributed by atoms with Crippen molar-refractivity contribution in [3.63, 3.8) is 0 Å². The third kappa shape index (κ3) is 8.88. The van der Waals surface area contributed by atoms with Crippen LogP contribution < -0.4 is 10.0 Å². The number of nitrogens with one attached hydrogen (secondary N) is 2. The van der Waals surface area contributed by atoms with Crippen molar-refractivity contribution in [1.29, 1.82) is 0 Å². The standard InChI is InChI=1S/C11H24N2O2S2/c1-16-9-4-2-3-7-13-17(14,15)10-8-12-11-5-6-11/h11-13H,2-10H2,1H3. The van der Waals surface area contributed by atoms with E-state index in [1.165, 1.54) is 19.3 Å². The third-order valence-electron chi connectivity index (χ3n) is 2.73. The van der Waals surface area contributed by atoms with Gasteiger partial charge in [-0.3, -0.25) is 0 Å². The smallest absolute Gasteiger partial charge is 0.212 e. The van der Waals surface area contributed by atoms with E-state index in [9.17, 15) is 8.42 Å². The summed E-state index contributed by atoms with van der Waals surface area (Å²) in [6, 6.07) is 0.580. The molecule has 17 heavy (non-hydrogen) atoms. The summed E-state index contributed by atoms with van der Waals surface area (Å²) in [5, 5.41) is 3.21. The summed E-state index contributed by atoms with van der Waals surface area (Å²) in [6.45, 7) is 1.16. The minimum Gasteiger partial charge on any atom is -0.313 e. The summed E-state index contributed by atoms with van der Waals surface area (Å²) in [5.74, 6) is 1.37. The van der Waals surface area contributed by atoms with Crippen molar-refractivity contribution < 1.29 is 8.42 Å². The average molecular weight is 280 g/mol. The normalized spacial score (nSPS) is 16.3. The summed E-state index contributed by atoms with van der Waals surface area (Å²) in [4.78, 5) is 0. The van der Waals surface area contributed by atoms with Gasteiger partial charge in [0.25, 0.3) is 0 Å². The zero-order valence-electron chi connectivity index (χ0n) is 10.6. The molecule has 1 rings (SSSR count). The predicted octanol–water partition coefficient (Wildman–Crippen LogP) is 1.19. The van der Waals surface area contributed by atoms with Crippen LogP contribution in [0.15, 0.2) is 0 Å². The molecule has 1 saturated carbocycles. The van der Waals surface area contributed by atoms with Crippen molar-refractivity contribution in [3.8, 4) is 0 Å². The van der Waals surface area contributed by atoms with Crippen LogP contribution in [0, 0.1) is 0 Å². The second kappa shape index (κ2) is 8.34. The second-order valence-corrected chi connectivity index (χ2v) is 7.41. The van der Waals surface area contributed by atoms with Gasteiger partial charge >= 0.3 is 0 Å². The Morgan fingerprint density at radius 2 is 1.94 bits per heavy atom. The van der Waals surface area contributed by atoms with Gasteiger partial charge < -0.3 is 5.32 Å². The minimum atomic E-state index is -3.06. The highest BCUT2D eigenvalue weighted by molar-refractivity contribution is 7.98. The number of hydrogen-bond donors (Lipinski definition) is 2. The van der Waals surface area contributed by atoms with Crippen LogP contribution in [-0.4, -0.2) is 45.3 Å². The van der Waals surface area contributed by atoms with Crippen LogP contribution in [0.25, 0.3) is 0 Å². The molecule has 0 heterocycles. The number of thioether (sulfide) groups is 1. The predicted molar refractivity (Wildman–Crippen MR) is 75.0 cm³/mol. The maximum Gasteiger partial charge on any atom is 0.212 e. The van der Waals surface area contributed by atoms with E-state index in [2.05, 4.69) is 16.3 Å². The summed E-state index contributed by atoms with van der Waals surface area (Å²) in [7, 11) is -3.06. The molecule has 1 aliphatic carbocycles. The molecule has 0 unspecified atom stereocenters. The monoisotopic (exact) mass is 280 g/mol. The van der Waals surface area contributed by atoms with Gasteiger partial charge in [0.05, 0.1) is 5.75 Å². The van der Waals surface area contributed by atoms with Gasteiger partial charge in [-0.15, -0.1) is 0 Å². The quantitative estimate of drug-likeness (QED) is 0.558. The summed E-state index contributed by atoms with van der Waals surface area (Å²) in [6.07, 6.45) is 7.70. The van der Waals surface area contributed by atoms with E-state index < -0.39 is 10.0 Å². The molecule has 0 amide bonds. The largest absolute Gasteiger partial charge is 0.313 e. The van der Waals surface area contributed by atoms with E-state index in [-0.39, 0.29) is 5.75 Å². The molecular weight excluding hydrogens is 256 g/mol. The van der Waals surface area contributed by atoms with Crippen LogP contribution in [0.1, 0.15) is 32.1 Å². The van der Waals surface area contributed by atoms with Gasteiger partial charge in [0.2, 0.25) is 10.0 Å². The molecular formula is C11H24N2O2S2. The number of sulfonamides is 1. The highest BCUT2D eigenvalue weighted by Crippen LogP contribution is 2.17. The van der Waals surface area contributed by atoms with E-state index in [0.717, 1.165) is 18.6 Å². The lowest BCUT2D eigenvalue weighted by Gasteiger charge is -2.07. The van der Waals surface area contributed by atoms with E-state index in [4.69, 9.17) is 0 Å². The summed E-state index contributed by atoms with van der Waals surface area (Å²) >= 11 is 1.84. The summed E-state index contributed by atoms with van der Waals surface area (Å²) in [5.41, 5.74) is 0. The fraction of sp³-hybridized carbons (Fsp3) is 1.00. The Kier molecular flexibility index (Phi) is 7.50. The molecule has 0 aromatic heterocycles. The first-order chi connectivity index (χ1) is 8.14. The van der Waals surface area contributed by atoms with Crippen LogP contribution in [0.3, 0.4) is 0 Å². The maximum absolute atomic E-state index is 11.6. The molecule has 0 saturated heterocycles. The highest BCUT2D eigenvalue weighted by atomic mass is 32.2. The van der Waals surface area contributed by atoms with Crippen LogP contribution in [0.2, 0.25) is 0 Å². The Hall–Kier alpha value is 0.220. The first kappa shape index (κ1) is 15.3. The fourth-order valence-electron chi connectivity index (χ4n) is 1.53. The molecule has 0 aromatic rings. The average Bonchev–Trinajstić information content (AvgIpc) is 3.07. The lowest BCUT2D eigenvalue weighted by molar-refractivity contribution is 0.571. The molecule has 0 aliphatic heterocycles. The topological polar surface area (TPSA) is 58.2 Å². The van der Waals surface area contributed by atoms with Crippen LogP contribution in [0.5, 0.6) is 0 Å². The lowest BCUT2D eigenvalue weighted by Crippen LogP contribution is -2.33. The van der Waals surface area contributed by atoms with Crippen molar-refractivity contribution in [2.24, 2.45) is 0 Å². The van der Waals surface area contributed by atoms with Gasteiger partial charge in [0, 0.05) is 19.1 Å². The van der Waals surface area contributed by atoms with Gasteiger partial charge in [-0.2, -0.15) is 11.8 Å². The molecule has 0 bridgehead atoms. The van der Waals surface area contributed by atoms with Gasteiger partial charge in [0.15, 0.2) is 0 Å². The molecule has 0 aromatic carbocycles. The Morgan fingerprint density at radius 3 is 2.59 bits per heavy atom. The second-order valence-electron chi connectivity index (χ2n) is 4.50. The molecule has 102 valence electrons. The van der Waals surface area contributed by atoms with Gasteiger partial charge in [-0.1, -0.05) is 6.42 Å². The molecule has 2 N–H and O–H groups in total. The molecule has 1 aliphatic rings. The molecule has 4 nitrogen and oxygen atoms in total. The third-order valence-corrected chi connectivity index (χ3v) is 4.81. The zero-order valence-corrected chi connectivity index (χ0v) is 12.2. The van der Waals surface area contributed by atoms with E-state index in [1.54, 1.807) is 0 Å². The molecule has 0 radical (unpaired) electrons. The minimum absolute atomic E-state index is 0.203. The Balaban J connectivity index is 1.95. The van der Waals surface area contributed by atoms with Crippen molar-refractivity contribution in [1.82, 2.24) is 10.0 Å². The van der Waals surface area contributed by atoms with Crippen molar-refractivity contribution in [2.45, 2.75) is 38.1 Å². The Bertz CT molecular complexity index is 290. The maximum atomic E-state index is 11.6. The summed E-state index contributed by atoms with van der Waals surface area (Å²) < 4.78 is 25.8. The molecule has 1 fully saturated rings. The van der Waals surface area contributed by atoms with E-state index >= 15 is 0 Å². The van der Waals surface area contributed by atoms with Crippen LogP contribution in [-0.2, 0) is 10.0 Å². The Labute approximate surface area is 109 Å². The first-order valence-electron chi connectivity index (χ1n) is 6.34. The van der Waals surface area contributed by atoms with Gasteiger partial charge in [-0.25, -0.2) is 13.1 Å². The van der Waals surface area contributed by atoms with Crippen LogP contribution in [0.4, 0.5) is 0 Å². The molecule has 0 spiro atoms. The van der Waals surface area contributed by atoms with Gasteiger partial charge in [-0.05, 0) is 37.7 Å². The SMILES string of the molecule is CSCCCCCNS(=O)(=O)CCNC1CC1. The number of rotatable bonds is 11. The Morgan fingerprint density at radius 1 is 1.18 bits per heavy atom. The first-order valence-corrected chi connectivity index (χ1v) is 9.38. The fourth-order valence-corrected chi connectivity index (χ4v) is 3.01. The van der Waals surface area contributed by atoms with E-state index in [1.807, 2.05) is 11.8 Å². The van der Waals surface area contributed by atoms with Gasteiger partial charge in [0.1, 0.15) is 0 Å². The van der Waals surface area contributed by atoms with Crippen LogP contribution >= 0.6 is 11.8 Å². The zero-order chi connectivity index (χ0) is 12.6. The van der Waals surface area contributed by atoms with Crippen molar-refractivity contribution in [3.05, 3.63) is 0 Å². The van der Waals surface area contributed by atoms with Crippen molar-refractivity contribution in [2.75, 3.05) is 30.9 Å². The lowest BCUT2D eigenvalue weighted by atomic mass is 10.2.